The van der Waals surface area contributed by atoms with Crippen LogP contribution in [-0.2, 0) is 10.0 Å². The fourth-order valence-corrected chi connectivity index (χ4v) is 4.56. The summed E-state index contributed by atoms with van der Waals surface area (Å²) in [4.78, 5) is 0.413. The predicted octanol–water partition coefficient (Wildman–Crippen LogP) is 2.15. The van der Waals surface area contributed by atoms with Crippen LogP contribution in [0, 0.1) is 6.92 Å². The smallest absolute Gasteiger partial charge is 0.243 e. The lowest BCUT2D eigenvalue weighted by molar-refractivity contribution is 0.266. The van der Waals surface area contributed by atoms with Gasteiger partial charge >= 0.3 is 0 Å². The molecule has 1 aliphatic heterocycles. The first-order chi connectivity index (χ1) is 9.55. The Balaban J connectivity index is 2.31. The quantitative estimate of drug-likeness (QED) is 0.906. The minimum absolute atomic E-state index is 0.0780. The zero-order valence-electron chi connectivity index (χ0n) is 12.3. The molecule has 0 radical (unpaired) electrons. The number of aryl methyl sites for hydroxylation is 1. The maximum absolute atomic E-state index is 12.9. The van der Waals surface area contributed by atoms with E-state index in [0.717, 1.165) is 37.9 Å². The molecule has 5 heteroatoms. The Morgan fingerprint density at radius 3 is 2.80 bits per heavy atom. The third-order valence-corrected chi connectivity index (χ3v) is 5.67. The average Bonchev–Trinajstić information content (AvgIpc) is 2.45. The van der Waals surface area contributed by atoms with Crippen molar-refractivity contribution < 1.29 is 8.42 Å². The Hall–Kier alpha value is -0.910. The van der Waals surface area contributed by atoms with E-state index in [2.05, 4.69) is 5.32 Å². The fourth-order valence-electron chi connectivity index (χ4n) is 2.71. The first kappa shape index (κ1) is 15.5. The van der Waals surface area contributed by atoms with E-state index in [9.17, 15) is 8.42 Å². The van der Waals surface area contributed by atoms with Crippen molar-refractivity contribution in [2.45, 2.75) is 44.0 Å². The summed E-state index contributed by atoms with van der Waals surface area (Å²) < 4.78 is 27.4. The van der Waals surface area contributed by atoms with Crippen LogP contribution in [0.5, 0.6) is 0 Å². The summed E-state index contributed by atoms with van der Waals surface area (Å²) in [6.07, 6.45) is 2.81. The van der Waals surface area contributed by atoms with Gasteiger partial charge in [0.2, 0.25) is 10.0 Å². The third-order valence-electron chi connectivity index (χ3n) is 3.72. The maximum Gasteiger partial charge on any atom is 0.243 e. The highest BCUT2D eigenvalue weighted by Crippen LogP contribution is 2.22. The molecule has 20 heavy (non-hydrogen) atoms. The number of rotatable bonds is 5. The zero-order valence-corrected chi connectivity index (χ0v) is 13.1. The van der Waals surface area contributed by atoms with Crippen molar-refractivity contribution in [2.75, 3.05) is 19.6 Å². The van der Waals surface area contributed by atoms with E-state index in [1.807, 2.05) is 26.0 Å². The van der Waals surface area contributed by atoms with Crippen LogP contribution < -0.4 is 5.32 Å². The van der Waals surface area contributed by atoms with E-state index in [-0.39, 0.29) is 6.04 Å². The van der Waals surface area contributed by atoms with E-state index in [1.165, 1.54) is 0 Å². The molecule has 1 aromatic rings. The van der Waals surface area contributed by atoms with Gasteiger partial charge in [-0.3, -0.25) is 0 Å². The number of hydrogen-bond acceptors (Lipinski definition) is 3. The third kappa shape index (κ3) is 3.40. The molecular weight excluding hydrogens is 272 g/mol. The predicted molar refractivity (Wildman–Crippen MR) is 81.3 cm³/mol. The van der Waals surface area contributed by atoms with Gasteiger partial charge in [0.25, 0.3) is 0 Å². The molecule has 1 atom stereocenters. The largest absolute Gasteiger partial charge is 0.315 e. The SMILES string of the molecule is CCCN(C1CCCNC1)S(=O)(=O)c1cccc(C)c1. The van der Waals surface area contributed by atoms with Crippen LogP contribution in [0.15, 0.2) is 29.2 Å². The van der Waals surface area contributed by atoms with Crippen molar-refractivity contribution >= 4 is 10.0 Å². The van der Waals surface area contributed by atoms with E-state index in [1.54, 1.807) is 16.4 Å². The van der Waals surface area contributed by atoms with Gasteiger partial charge < -0.3 is 5.32 Å². The zero-order chi connectivity index (χ0) is 14.6. The van der Waals surface area contributed by atoms with Crippen LogP contribution in [0.4, 0.5) is 0 Å². The Morgan fingerprint density at radius 2 is 2.20 bits per heavy atom. The monoisotopic (exact) mass is 296 g/mol. The number of nitrogens with one attached hydrogen (secondary N) is 1. The van der Waals surface area contributed by atoms with Gasteiger partial charge in [-0.25, -0.2) is 8.42 Å². The van der Waals surface area contributed by atoms with Crippen molar-refractivity contribution in [3.8, 4) is 0 Å². The number of nitrogens with zero attached hydrogens (tertiary/aromatic N) is 1. The van der Waals surface area contributed by atoms with Gasteiger partial charge in [0.1, 0.15) is 0 Å². The molecular formula is C15H24N2O2S. The molecule has 1 saturated heterocycles. The maximum atomic E-state index is 12.9. The minimum atomic E-state index is -3.39. The molecule has 2 rings (SSSR count). The van der Waals surface area contributed by atoms with Crippen LogP contribution in [0.25, 0.3) is 0 Å². The van der Waals surface area contributed by atoms with Gasteiger partial charge in [0.05, 0.1) is 4.90 Å². The Morgan fingerprint density at radius 1 is 1.40 bits per heavy atom. The second kappa shape index (κ2) is 6.70. The van der Waals surface area contributed by atoms with E-state index >= 15 is 0 Å². The van der Waals surface area contributed by atoms with Gasteiger partial charge in [0, 0.05) is 19.1 Å². The van der Waals surface area contributed by atoms with E-state index < -0.39 is 10.0 Å². The second-order valence-electron chi connectivity index (χ2n) is 5.43. The van der Waals surface area contributed by atoms with Crippen molar-refractivity contribution in [1.29, 1.82) is 0 Å². The van der Waals surface area contributed by atoms with Crippen molar-refractivity contribution in [3.63, 3.8) is 0 Å². The molecule has 0 aliphatic carbocycles. The number of sulfonamides is 1. The number of hydrogen-bond donors (Lipinski definition) is 1. The molecule has 4 nitrogen and oxygen atoms in total. The topological polar surface area (TPSA) is 49.4 Å². The summed E-state index contributed by atoms with van der Waals surface area (Å²) >= 11 is 0. The summed E-state index contributed by atoms with van der Waals surface area (Å²) in [5.41, 5.74) is 0.976. The molecule has 0 spiro atoms. The van der Waals surface area contributed by atoms with Gasteiger partial charge in [-0.1, -0.05) is 19.1 Å². The lowest BCUT2D eigenvalue weighted by Crippen LogP contribution is -2.48. The molecule has 0 amide bonds. The summed E-state index contributed by atoms with van der Waals surface area (Å²) in [5, 5.41) is 3.30. The first-order valence-corrected chi connectivity index (χ1v) is 8.79. The Kier molecular flexibility index (Phi) is 5.18. The molecule has 0 saturated carbocycles. The van der Waals surface area contributed by atoms with Crippen LogP contribution in [0.1, 0.15) is 31.7 Å². The summed E-state index contributed by atoms with van der Waals surface area (Å²) in [7, 11) is -3.39. The van der Waals surface area contributed by atoms with Crippen molar-refractivity contribution in [1.82, 2.24) is 9.62 Å². The van der Waals surface area contributed by atoms with Gasteiger partial charge in [-0.15, -0.1) is 0 Å². The summed E-state index contributed by atoms with van der Waals surface area (Å²) in [6.45, 7) is 6.27. The average molecular weight is 296 g/mol. The van der Waals surface area contributed by atoms with E-state index in [4.69, 9.17) is 0 Å². The van der Waals surface area contributed by atoms with E-state index in [0.29, 0.717) is 11.4 Å². The summed E-state index contributed by atoms with van der Waals surface area (Å²) in [6, 6.07) is 7.26. The highest BCUT2D eigenvalue weighted by atomic mass is 32.2. The molecule has 112 valence electrons. The molecule has 1 N–H and O–H groups in total. The lowest BCUT2D eigenvalue weighted by atomic mass is 10.1. The molecule has 0 bridgehead atoms. The standard InChI is InChI=1S/C15H24N2O2S/c1-3-10-17(14-7-5-9-16-12-14)20(18,19)15-8-4-6-13(2)11-15/h4,6,8,11,14,16H,3,5,7,9-10,12H2,1-2H3. The first-order valence-electron chi connectivity index (χ1n) is 7.35. The minimum Gasteiger partial charge on any atom is -0.315 e. The highest BCUT2D eigenvalue weighted by Gasteiger charge is 2.31. The highest BCUT2D eigenvalue weighted by molar-refractivity contribution is 7.89. The van der Waals surface area contributed by atoms with Gasteiger partial charge in [0.15, 0.2) is 0 Å². The van der Waals surface area contributed by atoms with Crippen LogP contribution >= 0.6 is 0 Å². The van der Waals surface area contributed by atoms with Gasteiger partial charge in [-0.05, 0) is 50.4 Å². The Bertz CT molecular complexity index is 537. The van der Waals surface area contributed by atoms with Crippen LogP contribution in [0.3, 0.4) is 0 Å². The second-order valence-corrected chi connectivity index (χ2v) is 7.32. The molecule has 1 aromatic carbocycles. The molecule has 1 unspecified atom stereocenters. The fraction of sp³-hybridized carbons (Fsp3) is 0.600. The van der Waals surface area contributed by atoms with Crippen LogP contribution in [0.2, 0.25) is 0 Å². The Labute approximate surface area is 122 Å². The van der Waals surface area contributed by atoms with Crippen LogP contribution in [-0.4, -0.2) is 38.4 Å². The van der Waals surface area contributed by atoms with Crippen molar-refractivity contribution in [2.24, 2.45) is 0 Å². The molecule has 1 aliphatic rings. The van der Waals surface area contributed by atoms with Crippen molar-refractivity contribution in [3.05, 3.63) is 29.8 Å². The number of piperidine rings is 1. The number of benzene rings is 1. The van der Waals surface area contributed by atoms with Gasteiger partial charge in [-0.2, -0.15) is 4.31 Å². The summed E-state index contributed by atoms with van der Waals surface area (Å²) in [5.74, 6) is 0. The lowest BCUT2D eigenvalue weighted by Gasteiger charge is -2.33. The molecule has 1 fully saturated rings. The molecule has 1 heterocycles. The molecule has 0 aromatic heterocycles. The normalized spacial score (nSPS) is 20.2.